The number of rotatable bonds is 1. The maximum absolute atomic E-state index is 11.6. The summed E-state index contributed by atoms with van der Waals surface area (Å²) in [5.74, 6) is -1.25. The Morgan fingerprint density at radius 2 is 2.12 bits per heavy atom. The minimum Gasteiger partial charge on any atom is -0.354 e. The highest BCUT2D eigenvalue weighted by atomic mass is 35.5. The number of nitrogens with one attached hydrogen (secondary N) is 2. The van der Waals surface area contributed by atoms with Gasteiger partial charge in [0.1, 0.15) is 5.92 Å². The second kappa shape index (κ2) is 4.70. The number of amides is 1. The van der Waals surface area contributed by atoms with E-state index in [1.165, 1.54) is 0 Å². The summed E-state index contributed by atoms with van der Waals surface area (Å²) >= 11 is 11.0. The fourth-order valence-corrected chi connectivity index (χ4v) is 2.20. The normalized spacial score (nSPS) is 23.5. The minimum atomic E-state index is -0.846. The van der Waals surface area contributed by atoms with Crippen molar-refractivity contribution in [1.29, 1.82) is 5.26 Å². The summed E-state index contributed by atoms with van der Waals surface area (Å²) in [6.45, 7) is 0. The molecule has 86 valence electrons. The van der Waals surface area contributed by atoms with Gasteiger partial charge in [-0.25, -0.2) is 0 Å². The lowest BCUT2D eigenvalue weighted by Crippen LogP contribution is -2.53. The van der Waals surface area contributed by atoms with Crippen molar-refractivity contribution >= 4 is 34.8 Å². The molecule has 0 bridgehead atoms. The molecule has 1 aliphatic heterocycles. The Morgan fingerprint density at radius 3 is 2.76 bits per heavy atom. The fourth-order valence-electron chi connectivity index (χ4n) is 1.72. The standard InChI is InChI=1S/C11H8ClN3OS/c12-8-4-2-1-3-6(8)9-7(5-13)10(16)15-11(17)14-9/h1-4,7,9H,(H2,14,15,16,17). The SMILES string of the molecule is N#CC1C(=O)NC(=S)NC1c1ccccc1Cl. The van der Waals surface area contributed by atoms with Crippen LogP contribution < -0.4 is 10.6 Å². The Hall–Kier alpha value is -1.64. The quantitative estimate of drug-likeness (QED) is 0.756. The number of nitriles is 1. The number of halogens is 1. The number of hydrogen-bond donors (Lipinski definition) is 2. The van der Waals surface area contributed by atoms with Crippen molar-refractivity contribution in [2.75, 3.05) is 0 Å². The number of carbonyl (C=O) groups is 1. The number of thiocarbonyl (C=S) groups is 1. The Bertz CT molecular complexity index is 526. The van der Waals surface area contributed by atoms with Crippen LogP contribution >= 0.6 is 23.8 Å². The molecule has 1 heterocycles. The molecule has 0 aromatic heterocycles. The van der Waals surface area contributed by atoms with Crippen molar-refractivity contribution in [2.45, 2.75) is 6.04 Å². The van der Waals surface area contributed by atoms with Crippen LogP contribution in [0.4, 0.5) is 0 Å². The van der Waals surface area contributed by atoms with Gasteiger partial charge < -0.3 is 10.6 Å². The molecule has 0 saturated carbocycles. The number of carbonyl (C=O) groups excluding carboxylic acids is 1. The first-order valence-electron chi connectivity index (χ1n) is 4.89. The highest BCUT2D eigenvalue weighted by Crippen LogP contribution is 2.29. The summed E-state index contributed by atoms with van der Waals surface area (Å²) in [7, 11) is 0. The number of benzene rings is 1. The maximum Gasteiger partial charge on any atom is 0.245 e. The summed E-state index contributed by atoms with van der Waals surface area (Å²) in [5, 5.41) is 15.1. The van der Waals surface area contributed by atoms with Crippen LogP contribution in [0.1, 0.15) is 11.6 Å². The summed E-state index contributed by atoms with van der Waals surface area (Å²) in [4.78, 5) is 11.6. The topological polar surface area (TPSA) is 64.9 Å². The van der Waals surface area contributed by atoms with Gasteiger partial charge in [-0.3, -0.25) is 4.79 Å². The number of hydrogen-bond acceptors (Lipinski definition) is 3. The van der Waals surface area contributed by atoms with Crippen molar-refractivity contribution in [3.8, 4) is 6.07 Å². The molecular weight excluding hydrogens is 258 g/mol. The second-order valence-electron chi connectivity index (χ2n) is 3.57. The molecule has 0 radical (unpaired) electrons. The lowest BCUT2D eigenvalue weighted by Gasteiger charge is -2.29. The third-order valence-electron chi connectivity index (χ3n) is 2.52. The average molecular weight is 266 g/mol. The average Bonchev–Trinajstić information content (AvgIpc) is 2.28. The Kier molecular flexibility index (Phi) is 3.27. The molecule has 1 aliphatic rings. The van der Waals surface area contributed by atoms with E-state index in [2.05, 4.69) is 10.6 Å². The lowest BCUT2D eigenvalue weighted by molar-refractivity contribution is -0.123. The fraction of sp³-hybridized carbons (Fsp3) is 0.182. The van der Waals surface area contributed by atoms with Gasteiger partial charge in [0, 0.05) is 5.02 Å². The molecule has 1 saturated heterocycles. The van der Waals surface area contributed by atoms with Crippen LogP contribution in [0, 0.1) is 17.2 Å². The largest absolute Gasteiger partial charge is 0.354 e. The first-order valence-corrected chi connectivity index (χ1v) is 5.67. The van der Waals surface area contributed by atoms with Crippen LogP contribution in [0.5, 0.6) is 0 Å². The summed E-state index contributed by atoms with van der Waals surface area (Å²) in [6, 6.07) is 8.52. The van der Waals surface area contributed by atoms with Crippen molar-refractivity contribution in [3.05, 3.63) is 34.9 Å². The monoisotopic (exact) mass is 265 g/mol. The molecule has 6 heteroatoms. The van der Waals surface area contributed by atoms with Crippen molar-refractivity contribution in [3.63, 3.8) is 0 Å². The van der Waals surface area contributed by atoms with E-state index in [9.17, 15) is 4.79 Å². The van der Waals surface area contributed by atoms with Crippen molar-refractivity contribution in [1.82, 2.24) is 10.6 Å². The molecule has 1 fully saturated rings. The molecule has 4 nitrogen and oxygen atoms in total. The Labute approximate surface area is 109 Å². The van der Waals surface area contributed by atoms with Crippen molar-refractivity contribution in [2.24, 2.45) is 5.92 Å². The van der Waals surface area contributed by atoms with Crippen molar-refractivity contribution < 1.29 is 4.79 Å². The van der Waals surface area contributed by atoms with Gasteiger partial charge >= 0.3 is 0 Å². The van der Waals surface area contributed by atoms with Gasteiger partial charge in [-0.15, -0.1) is 0 Å². The predicted octanol–water partition coefficient (Wildman–Crippen LogP) is 1.53. The number of nitrogens with zero attached hydrogens (tertiary/aromatic N) is 1. The van der Waals surface area contributed by atoms with Gasteiger partial charge in [0.05, 0.1) is 12.1 Å². The first kappa shape index (κ1) is 11.8. The van der Waals surface area contributed by atoms with Gasteiger partial charge in [0.15, 0.2) is 5.11 Å². The highest BCUT2D eigenvalue weighted by Gasteiger charge is 2.35. The van der Waals surface area contributed by atoms with Gasteiger partial charge in [-0.2, -0.15) is 5.26 Å². The molecule has 1 aromatic carbocycles. The van der Waals surface area contributed by atoms with Crippen LogP contribution in [0.15, 0.2) is 24.3 Å². The van der Waals surface area contributed by atoms with Gasteiger partial charge in [-0.05, 0) is 23.8 Å². The van der Waals surface area contributed by atoms with Crippen LogP contribution in [-0.4, -0.2) is 11.0 Å². The van der Waals surface area contributed by atoms with E-state index in [0.717, 1.165) is 0 Å². The molecule has 1 aromatic rings. The van der Waals surface area contributed by atoms with Crippen LogP contribution in [0.3, 0.4) is 0 Å². The third kappa shape index (κ3) is 2.23. The zero-order valence-electron chi connectivity index (χ0n) is 8.61. The van der Waals surface area contributed by atoms with Crippen LogP contribution in [0.25, 0.3) is 0 Å². The van der Waals surface area contributed by atoms with Gasteiger partial charge in [0.2, 0.25) is 5.91 Å². The van der Waals surface area contributed by atoms with Crippen LogP contribution in [-0.2, 0) is 4.79 Å². The zero-order chi connectivity index (χ0) is 12.4. The minimum absolute atomic E-state index is 0.214. The van der Waals surface area contributed by atoms with E-state index < -0.39 is 17.9 Å². The van der Waals surface area contributed by atoms with Crippen LogP contribution in [0.2, 0.25) is 5.02 Å². The van der Waals surface area contributed by atoms with E-state index >= 15 is 0 Å². The molecule has 2 unspecified atom stereocenters. The Balaban J connectivity index is 2.42. The summed E-state index contributed by atoms with van der Waals surface area (Å²) < 4.78 is 0. The maximum atomic E-state index is 11.6. The summed E-state index contributed by atoms with van der Waals surface area (Å²) in [5.41, 5.74) is 0.693. The van der Waals surface area contributed by atoms with E-state index in [0.29, 0.717) is 10.6 Å². The molecule has 17 heavy (non-hydrogen) atoms. The second-order valence-corrected chi connectivity index (χ2v) is 4.38. The van der Waals surface area contributed by atoms with E-state index in [-0.39, 0.29) is 5.11 Å². The molecule has 0 spiro atoms. The molecule has 1 amide bonds. The molecular formula is C11H8ClN3OS. The van der Waals surface area contributed by atoms with Gasteiger partial charge in [0.25, 0.3) is 0 Å². The first-order chi connectivity index (χ1) is 8.13. The highest BCUT2D eigenvalue weighted by molar-refractivity contribution is 7.80. The zero-order valence-corrected chi connectivity index (χ0v) is 10.2. The predicted molar refractivity (Wildman–Crippen MR) is 67.2 cm³/mol. The summed E-state index contributed by atoms with van der Waals surface area (Å²) in [6.07, 6.45) is 0. The Morgan fingerprint density at radius 1 is 1.41 bits per heavy atom. The lowest BCUT2D eigenvalue weighted by atomic mass is 9.92. The van der Waals surface area contributed by atoms with E-state index in [1.54, 1.807) is 24.3 Å². The molecule has 0 aliphatic carbocycles. The van der Waals surface area contributed by atoms with Gasteiger partial charge in [-0.1, -0.05) is 29.8 Å². The smallest absolute Gasteiger partial charge is 0.245 e. The van der Waals surface area contributed by atoms with E-state index in [1.807, 2.05) is 6.07 Å². The molecule has 2 rings (SSSR count). The molecule has 2 N–H and O–H groups in total. The third-order valence-corrected chi connectivity index (χ3v) is 3.08. The van der Waals surface area contributed by atoms with E-state index in [4.69, 9.17) is 29.1 Å². The molecule has 2 atom stereocenters.